The predicted octanol–water partition coefficient (Wildman–Crippen LogP) is 2.72. The first kappa shape index (κ1) is 19.7. The van der Waals surface area contributed by atoms with E-state index < -0.39 is 57.8 Å². The minimum absolute atomic E-state index is 0.0234. The van der Waals surface area contributed by atoms with Crippen molar-refractivity contribution in [3.8, 4) is 0 Å². The van der Waals surface area contributed by atoms with Gasteiger partial charge in [-0.15, -0.1) is 0 Å². The van der Waals surface area contributed by atoms with Gasteiger partial charge >= 0.3 is 5.97 Å². The summed E-state index contributed by atoms with van der Waals surface area (Å²) in [5, 5.41) is 31.8. The maximum atomic E-state index is 16.8. The topological polar surface area (TPSA) is 94.8 Å². The van der Waals surface area contributed by atoms with Crippen molar-refractivity contribution in [2.75, 3.05) is 0 Å². The highest BCUT2D eigenvalue weighted by molar-refractivity contribution is 5.92. The molecular formula is C21H26F2O5. The molecule has 7 heteroatoms. The zero-order valence-corrected chi connectivity index (χ0v) is 16.2. The second-order valence-electron chi connectivity index (χ2n) is 9.62. The lowest BCUT2D eigenvalue weighted by molar-refractivity contribution is -0.220. The van der Waals surface area contributed by atoms with Crippen molar-refractivity contribution in [2.45, 2.75) is 63.8 Å². The Morgan fingerprint density at radius 3 is 2.57 bits per heavy atom. The summed E-state index contributed by atoms with van der Waals surface area (Å²) in [4.78, 5) is 23.8. The fraction of sp³-hybridized carbons (Fsp3) is 0.714. The van der Waals surface area contributed by atoms with E-state index in [1.165, 1.54) is 0 Å². The smallest absolute Gasteiger partial charge is 0.336 e. The Morgan fingerprint density at radius 2 is 1.96 bits per heavy atom. The number of carboxylic acids is 1. The highest BCUT2D eigenvalue weighted by atomic mass is 19.1. The van der Waals surface area contributed by atoms with Crippen molar-refractivity contribution in [1.29, 1.82) is 0 Å². The molecule has 0 aliphatic heterocycles. The number of fused-ring (bicyclic) bond motifs is 5. The zero-order valence-electron chi connectivity index (χ0n) is 16.2. The number of ketones is 1. The molecular weight excluding hydrogens is 370 g/mol. The van der Waals surface area contributed by atoms with Gasteiger partial charge in [0.15, 0.2) is 17.1 Å². The van der Waals surface area contributed by atoms with Crippen LogP contribution in [0.3, 0.4) is 0 Å². The number of carbonyl (C=O) groups excluding carboxylic acids is 1. The van der Waals surface area contributed by atoms with Gasteiger partial charge in [-0.3, -0.25) is 4.79 Å². The van der Waals surface area contributed by atoms with Crippen molar-refractivity contribution < 1.29 is 33.7 Å². The molecule has 0 saturated heterocycles. The van der Waals surface area contributed by atoms with Gasteiger partial charge in [-0.25, -0.2) is 13.6 Å². The van der Waals surface area contributed by atoms with Gasteiger partial charge in [0.2, 0.25) is 0 Å². The summed E-state index contributed by atoms with van der Waals surface area (Å²) in [7, 11) is 0. The monoisotopic (exact) mass is 396 g/mol. The van der Waals surface area contributed by atoms with E-state index in [0.717, 1.165) is 12.2 Å². The molecule has 0 amide bonds. The number of hydrogen-bond acceptors (Lipinski definition) is 4. The molecule has 0 spiro atoms. The number of rotatable bonds is 1. The first-order chi connectivity index (χ1) is 12.8. The van der Waals surface area contributed by atoms with E-state index >= 15 is 8.78 Å². The third-order valence-corrected chi connectivity index (χ3v) is 8.56. The average molecular weight is 396 g/mol. The molecule has 0 aromatic rings. The number of halogens is 2. The Morgan fingerprint density at radius 1 is 1.32 bits per heavy atom. The predicted molar refractivity (Wildman–Crippen MR) is 95.5 cm³/mol. The number of aliphatic hydroxyl groups is 2. The van der Waals surface area contributed by atoms with Gasteiger partial charge in [-0.1, -0.05) is 20.8 Å². The number of alkyl halides is 1. The van der Waals surface area contributed by atoms with Crippen LogP contribution in [0.5, 0.6) is 0 Å². The molecule has 2 saturated carbocycles. The number of hydrogen-bond donors (Lipinski definition) is 3. The maximum Gasteiger partial charge on any atom is 0.336 e. The van der Waals surface area contributed by atoms with Crippen molar-refractivity contribution in [1.82, 2.24) is 0 Å². The van der Waals surface area contributed by atoms with Crippen molar-refractivity contribution in [3.63, 3.8) is 0 Å². The Bertz CT molecular complexity index is 837. The summed E-state index contributed by atoms with van der Waals surface area (Å²) < 4.78 is 31.8. The van der Waals surface area contributed by atoms with Gasteiger partial charge in [0.1, 0.15) is 5.83 Å². The number of aliphatic carboxylic acids is 1. The van der Waals surface area contributed by atoms with Crippen molar-refractivity contribution in [2.24, 2.45) is 28.6 Å². The molecule has 154 valence electrons. The molecule has 3 N–H and O–H groups in total. The molecule has 4 rings (SSSR count). The van der Waals surface area contributed by atoms with E-state index in [2.05, 4.69) is 0 Å². The van der Waals surface area contributed by atoms with E-state index in [1.807, 2.05) is 0 Å². The van der Waals surface area contributed by atoms with Crippen LogP contribution in [-0.4, -0.2) is 44.4 Å². The minimum Gasteiger partial charge on any atom is -0.479 e. The lowest BCUT2D eigenvalue weighted by Gasteiger charge is -2.61. The molecule has 4 aliphatic rings. The molecule has 0 bridgehead atoms. The number of aliphatic hydroxyl groups excluding tert-OH is 1. The molecule has 2 unspecified atom stereocenters. The number of carboxylic acid groups (broad SMARTS) is 1. The summed E-state index contributed by atoms with van der Waals surface area (Å²) in [6, 6.07) is 0. The van der Waals surface area contributed by atoms with E-state index in [1.54, 1.807) is 20.8 Å². The normalized spacial score (nSPS) is 52.9. The quantitative estimate of drug-likeness (QED) is 0.634. The third kappa shape index (κ3) is 1.92. The van der Waals surface area contributed by atoms with Crippen LogP contribution in [0.2, 0.25) is 0 Å². The summed E-state index contributed by atoms with van der Waals surface area (Å²) >= 11 is 0. The Labute approximate surface area is 162 Å². The van der Waals surface area contributed by atoms with Crippen LogP contribution in [0.1, 0.15) is 46.5 Å². The summed E-state index contributed by atoms with van der Waals surface area (Å²) in [5.41, 5.74) is -7.11. The third-order valence-electron chi connectivity index (χ3n) is 8.56. The van der Waals surface area contributed by atoms with Gasteiger partial charge in [0.25, 0.3) is 0 Å². The van der Waals surface area contributed by atoms with Crippen LogP contribution >= 0.6 is 0 Å². The zero-order chi connectivity index (χ0) is 20.9. The molecule has 5 nitrogen and oxygen atoms in total. The molecule has 28 heavy (non-hydrogen) atoms. The fourth-order valence-corrected chi connectivity index (χ4v) is 6.88. The molecule has 2 fully saturated rings. The van der Waals surface area contributed by atoms with Gasteiger partial charge < -0.3 is 15.3 Å². The maximum absolute atomic E-state index is 16.8. The molecule has 0 radical (unpaired) electrons. The van der Waals surface area contributed by atoms with Crippen molar-refractivity contribution in [3.05, 3.63) is 23.6 Å². The molecule has 8 atom stereocenters. The van der Waals surface area contributed by atoms with Gasteiger partial charge in [-0.2, -0.15) is 0 Å². The molecule has 0 aromatic heterocycles. The summed E-state index contributed by atoms with van der Waals surface area (Å²) in [5.74, 6) is -4.79. The van der Waals surface area contributed by atoms with Crippen molar-refractivity contribution >= 4 is 11.8 Å². The Hall–Kier alpha value is -1.60. The number of allylic oxidation sites excluding steroid dienone is 4. The van der Waals surface area contributed by atoms with Crippen LogP contribution in [0.4, 0.5) is 8.78 Å². The van der Waals surface area contributed by atoms with E-state index in [0.29, 0.717) is 0 Å². The first-order valence-corrected chi connectivity index (χ1v) is 9.79. The van der Waals surface area contributed by atoms with Crippen LogP contribution < -0.4 is 0 Å². The Kier molecular flexibility index (Phi) is 3.88. The highest BCUT2D eigenvalue weighted by Crippen LogP contribution is 2.70. The molecule has 4 aliphatic carbocycles. The van der Waals surface area contributed by atoms with Crippen LogP contribution in [-0.2, 0) is 9.59 Å². The van der Waals surface area contributed by atoms with Crippen LogP contribution in [0.25, 0.3) is 0 Å². The van der Waals surface area contributed by atoms with Gasteiger partial charge in [-0.05, 0) is 43.3 Å². The van der Waals surface area contributed by atoms with Gasteiger partial charge in [0, 0.05) is 28.7 Å². The van der Waals surface area contributed by atoms with E-state index in [-0.39, 0.29) is 37.0 Å². The SMILES string of the molecule is C[C@@H]1CC2C3C=C(F)C4=CC(=O)CC[C@]4(C)[C@@]3(F)[C@@H](O)C[C@]2(C)[C@@]1(O)C(=O)O. The standard InChI is InChI=1S/C21H26F2O5/c1-10-6-12-13-8-15(22)14-7-11(24)4-5-18(14,2)20(13,23)16(25)9-19(12,3)21(10,28)17(26)27/h7-8,10,12-13,16,25,28H,4-6,9H2,1-3H3,(H,26,27)/t10-,12?,13?,16+,18+,19+,20+,21+/m1/s1. The van der Waals surface area contributed by atoms with E-state index in [9.17, 15) is 24.9 Å². The van der Waals surface area contributed by atoms with Crippen LogP contribution in [0.15, 0.2) is 23.6 Å². The van der Waals surface area contributed by atoms with E-state index in [4.69, 9.17) is 0 Å². The lowest BCUT2D eigenvalue weighted by Crippen LogP contribution is -2.69. The Balaban J connectivity index is 1.93. The minimum atomic E-state index is -2.25. The molecule has 0 aromatic carbocycles. The highest BCUT2D eigenvalue weighted by Gasteiger charge is 2.76. The average Bonchev–Trinajstić information content (AvgIpc) is 2.81. The number of carbonyl (C=O) groups is 2. The largest absolute Gasteiger partial charge is 0.479 e. The second kappa shape index (κ2) is 5.51. The summed E-state index contributed by atoms with van der Waals surface area (Å²) in [6.07, 6.45) is 0.752. The summed E-state index contributed by atoms with van der Waals surface area (Å²) in [6.45, 7) is 4.69. The first-order valence-electron chi connectivity index (χ1n) is 9.79. The molecule has 0 heterocycles. The van der Waals surface area contributed by atoms with Crippen LogP contribution in [0, 0.1) is 28.6 Å². The second-order valence-corrected chi connectivity index (χ2v) is 9.62. The lowest BCUT2D eigenvalue weighted by atomic mass is 9.45. The van der Waals surface area contributed by atoms with Gasteiger partial charge in [0.05, 0.1) is 6.10 Å². The fourth-order valence-electron chi connectivity index (χ4n) is 6.88.